The summed E-state index contributed by atoms with van der Waals surface area (Å²) >= 11 is 0. The fourth-order valence-corrected chi connectivity index (χ4v) is 4.34. The lowest BCUT2D eigenvalue weighted by atomic mass is 10.2. The number of alkyl halides is 3. The lowest BCUT2D eigenvalue weighted by Gasteiger charge is -2.06. The van der Waals surface area contributed by atoms with E-state index < -0.39 is 13.5 Å². The standard InChI is InChI=1S/C13H8F3P/c14-13(15,16)17-11-7-3-1-5-9(11)10-6-2-4-8-12(10)17/h1-8H. The molecule has 0 fully saturated rings. The SMILES string of the molecule is FC(F)(F)p1c2ccccc2c2ccccc21. The van der Waals surface area contributed by atoms with Crippen LogP contribution in [0.15, 0.2) is 48.5 Å². The Balaban J connectivity index is 2.60. The van der Waals surface area contributed by atoms with Crippen molar-refractivity contribution in [1.29, 1.82) is 0 Å². The molecule has 0 aliphatic carbocycles. The molecule has 0 aliphatic heterocycles. The zero-order valence-electron chi connectivity index (χ0n) is 8.70. The second kappa shape index (κ2) is 3.51. The average molecular weight is 252 g/mol. The molecule has 0 amide bonds. The molecule has 0 unspecified atom stereocenters. The van der Waals surface area contributed by atoms with Crippen molar-refractivity contribution in [1.82, 2.24) is 0 Å². The molecule has 0 bridgehead atoms. The van der Waals surface area contributed by atoms with Gasteiger partial charge < -0.3 is 0 Å². The Morgan fingerprint density at radius 2 is 1.12 bits per heavy atom. The minimum absolute atomic E-state index is 0.427. The number of halogens is 3. The van der Waals surface area contributed by atoms with Crippen molar-refractivity contribution >= 4 is 28.5 Å². The van der Waals surface area contributed by atoms with Gasteiger partial charge in [0.1, 0.15) is 0 Å². The molecule has 1 heterocycles. The van der Waals surface area contributed by atoms with Crippen molar-refractivity contribution < 1.29 is 13.2 Å². The van der Waals surface area contributed by atoms with E-state index >= 15 is 0 Å². The van der Waals surface area contributed by atoms with Gasteiger partial charge in [0, 0.05) is 17.8 Å². The molecule has 1 aromatic heterocycles. The molecule has 0 atom stereocenters. The molecule has 0 saturated heterocycles. The van der Waals surface area contributed by atoms with Crippen LogP contribution in [0.5, 0.6) is 0 Å². The van der Waals surface area contributed by atoms with E-state index in [0.717, 1.165) is 10.8 Å². The van der Waals surface area contributed by atoms with Gasteiger partial charge in [0.2, 0.25) is 0 Å². The fourth-order valence-electron chi connectivity index (χ4n) is 2.20. The first-order valence-corrected chi connectivity index (χ1v) is 6.48. The predicted molar refractivity (Wildman–Crippen MR) is 65.5 cm³/mol. The Hall–Kier alpha value is -1.47. The molecule has 0 N–H and O–H groups in total. The summed E-state index contributed by atoms with van der Waals surface area (Å²) in [7, 11) is -2.22. The highest BCUT2D eigenvalue weighted by molar-refractivity contribution is 7.61. The molecule has 0 aliphatic rings. The Bertz CT molecular complexity index is 641. The Kier molecular flexibility index (Phi) is 2.20. The summed E-state index contributed by atoms with van der Waals surface area (Å²) in [4.78, 5) is 0. The maximum Gasteiger partial charge on any atom is 0.428 e. The topological polar surface area (TPSA) is 0 Å². The molecule has 86 valence electrons. The first-order chi connectivity index (χ1) is 8.09. The highest BCUT2D eigenvalue weighted by Gasteiger charge is 2.35. The van der Waals surface area contributed by atoms with E-state index in [1.165, 1.54) is 0 Å². The third-order valence-electron chi connectivity index (χ3n) is 2.83. The van der Waals surface area contributed by atoms with Gasteiger partial charge in [-0.2, -0.15) is 13.2 Å². The molecule has 0 saturated carbocycles. The van der Waals surface area contributed by atoms with E-state index in [0.29, 0.717) is 10.2 Å². The summed E-state index contributed by atoms with van der Waals surface area (Å²) in [6.07, 6.45) is 0. The second-order valence-corrected chi connectivity index (χ2v) is 5.98. The van der Waals surface area contributed by atoms with E-state index in [9.17, 15) is 13.2 Å². The van der Waals surface area contributed by atoms with Gasteiger partial charge in [-0.3, -0.25) is 0 Å². The quantitative estimate of drug-likeness (QED) is 0.498. The molecule has 0 spiro atoms. The molecule has 4 heteroatoms. The molecule has 2 aromatic carbocycles. The van der Waals surface area contributed by atoms with Gasteiger partial charge in [-0.25, -0.2) is 0 Å². The average Bonchev–Trinajstić information content (AvgIpc) is 2.63. The lowest BCUT2D eigenvalue weighted by molar-refractivity contribution is -0.0845. The highest BCUT2D eigenvalue weighted by atomic mass is 31.1. The molecular weight excluding hydrogens is 244 g/mol. The van der Waals surface area contributed by atoms with Crippen LogP contribution in [0.2, 0.25) is 0 Å². The van der Waals surface area contributed by atoms with Crippen LogP contribution in [-0.2, 0) is 5.92 Å². The number of rotatable bonds is 0. The highest BCUT2D eigenvalue weighted by Crippen LogP contribution is 2.60. The lowest BCUT2D eigenvalue weighted by Crippen LogP contribution is -1.91. The van der Waals surface area contributed by atoms with E-state index in [1.54, 1.807) is 48.5 Å². The van der Waals surface area contributed by atoms with Crippen LogP contribution in [0.25, 0.3) is 21.0 Å². The van der Waals surface area contributed by atoms with Crippen molar-refractivity contribution in [3.63, 3.8) is 0 Å². The second-order valence-electron chi connectivity index (χ2n) is 3.84. The Labute approximate surface area is 96.7 Å². The molecule has 0 nitrogen and oxygen atoms in total. The zero-order valence-corrected chi connectivity index (χ0v) is 9.59. The maximum absolute atomic E-state index is 13.1. The molecule has 17 heavy (non-hydrogen) atoms. The van der Waals surface area contributed by atoms with E-state index in [-0.39, 0.29) is 0 Å². The number of fused-ring (bicyclic) bond motifs is 3. The van der Waals surface area contributed by atoms with E-state index in [2.05, 4.69) is 0 Å². The number of benzene rings is 2. The van der Waals surface area contributed by atoms with Crippen molar-refractivity contribution in [3.8, 4) is 0 Å². The van der Waals surface area contributed by atoms with Crippen molar-refractivity contribution in [2.24, 2.45) is 0 Å². The maximum atomic E-state index is 13.1. The summed E-state index contributed by atoms with van der Waals surface area (Å²) in [6, 6.07) is 13.6. The largest absolute Gasteiger partial charge is 0.428 e. The first kappa shape index (κ1) is 10.7. The third kappa shape index (κ3) is 1.54. The van der Waals surface area contributed by atoms with Crippen LogP contribution >= 0.6 is 7.53 Å². The van der Waals surface area contributed by atoms with Crippen molar-refractivity contribution in [2.75, 3.05) is 0 Å². The monoisotopic (exact) mass is 252 g/mol. The molecule has 3 aromatic rings. The minimum atomic E-state index is -4.17. The van der Waals surface area contributed by atoms with Crippen molar-refractivity contribution in [3.05, 3.63) is 48.5 Å². The summed E-state index contributed by atoms with van der Waals surface area (Å²) in [5.74, 6) is -4.17. The normalized spacial score (nSPS) is 12.4. The number of hydrogen-bond donors (Lipinski definition) is 0. The van der Waals surface area contributed by atoms with Gasteiger partial charge in [0.05, 0.1) is 0 Å². The first-order valence-electron chi connectivity index (χ1n) is 5.14. The summed E-state index contributed by atoms with van der Waals surface area (Å²) in [5.41, 5.74) is 0. The van der Waals surface area contributed by atoms with Gasteiger partial charge >= 0.3 is 5.92 Å². The van der Waals surface area contributed by atoms with E-state index in [4.69, 9.17) is 0 Å². The molecule has 0 radical (unpaired) electrons. The van der Waals surface area contributed by atoms with Gasteiger partial charge in [-0.1, -0.05) is 48.5 Å². The summed E-state index contributed by atoms with van der Waals surface area (Å²) in [5, 5.41) is 2.31. The van der Waals surface area contributed by atoms with Crippen LogP contribution in [0.3, 0.4) is 0 Å². The zero-order chi connectivity index (χ0) is 12.0. The van der Waals surface area contributed by atoms with Crippen LogP contribution in [-0.4, -0.2) is 0 Å². The predicted octanol–water partition coefficient (Wildman–Crippen LogP) is 5.46. The van der Waals surface area contributed by atoms with Crippen LogP contribution in [0.1, 0.15) is 0 Å². The summed E-state index contributed by atoms with van der Waals surface area (Å²) < 4.78 is 39.4. The molecular formula is C13H8F3P. The number of hydrogen-bond acceptors (Lipinski definition) is 0. The third-order valence-corrected chi connectivity index (χ3v) is 5.08. The summed E-state index contributed by atoms with van der Waals surface area (Å²) in [6.45, 7) is 0. The van der Waals surface area contributed by atoms with Crippen LogP contribution in [0.4, 0.5) is 13.2 Å². The minimum Gasteiger partial charge on any atom is -0.163 e. The van der Waals surface area contributed by atoms with Crippen LogP contribution in [0, 0.1) is 0 Å². The van der Waals surface area contributed by atoms with Gasteiger partial charge in [-0.05, 0) is 10.8 Å². The molecule has 3 rings (SSSR count). The Morgan fingerprint density at radius 3 is 1.53 bits per heavy atom. The van der Waals surface area contributed by atoms with Gasteiger partial charge in [0.15, 0.2) is 0 Å². The van der Waals surface area contributed by atoms with Gasteiger partial charge in [-0.15, -0.1) is 0 Å². The Morgan fingerprint density at radius 1 is 0.706 bits per heavy atom. The van der Waals surface area contributed by atoms with Gasteiger partial charge in [0.25, 0.3) is 0 Å². The fraction of sp³-hybridized carbons (Fsp3) is 0.0769. The van der Waals surface area contributed by atoms with Crippen LogP contribution < -0.4 is 0 Å². The smallest absolute Gasteiger partial charge is 0.163 e. The van der Waals surface area contributed by atoms with Crippen molar-refractivity contribution in [2.45, 2.75) is 5.92 Å². The van der Waals surface area contributed by atoms with E-state index in [1.807, 2.05) is 0 Å².